The quantitative estimate of drug-likeness (QED) is 0.446. The minimum Gasteiger partial charge on any atom is -1.00 e. The Morgan fingerprint density at radius 2 is 2.12 bits per heavy atom. The molecular formula is C16H22ClN5OS2. The van der Waals surface area contributed by atoms with E-state index in [-0.39, 0.29) is 19.0 Å². The van der Waals surface area contributed by atoms with Crippen LogP contribution in [0.5, 0.6) is 0 Å². The second-order valence-electron chi connectivity index (χ2n) is 5.08. The summed E-state index contributed by atoms with van der Waals surface area (Å²) in [7, 11) is 0. The molecule has 4 N–H and O–H groups in total. The van der Waals surface area contributed by atoms with Crippen LogP contribution in [-0.4, -0.2) is 21.7 Å². The van der Waals surface area contributed by atoms with Crippen LogP contribution in [0, 0.1) is 13.8 Å². The van der Waals surface area contributed by atoms with E-state index in [0.717, 1.165) is 11.3 Å². The molecule has 2 aromatic rings. The van der Waals surface area contributed by atoms with E-state index in [1.807, 2.05) is 43.1 Å². The molecule has 25 heavy (non-hydrogen) atoms. The number of halogens is 1. The molecule has 1 aliphatic heterocycles. The van der Waals surface area contributed by atoms with Gasteiger partial charge in [0.25, 0.3) is 0 Å². The number of hydrogen-bond donors (Lipinski definition) is 3. The molecular weight excluding hydrogens is 378 g/mol. The van der Waals surface area contributed by atoms with Gasteiger partial charge in [-0.05, 0) is 30.4 Å². The van der Waals surface area contributed by atoms with Crippen molar-refractivity contribution in [1.82, 2.24) is 14.7 Å². The molecule has 9 heteroatoms. The highest BCUT2D eigenvalue weighted by Gasteiger charge is 2.16. The van der Waals surface area contributed by atoms with Gasteiger partial charge in [0.2, 0.25) is 5.51 Å². The number of rotatable bonds is 4. The van der Waals surface area contributed by atoms with Gasteiger partial charge < -0.3 is 28.0 Å². The summed E-state index contributed by atoms with van der Waals surface area (Å²) in [5, 5.41) is 11.0. The number of hydrogen-bond acceptors (Lipinski definition) is 7. The summed E-state index contributed by atoms with van der Waals surface area (Å²) in [5.74, 6) is 1.22. The van der Waals surface area contributed by atoms with Gasteiger partial charge in [0.1, 0.15) is 11.6 Å². The van der Waals surface area contributed by atoms with Gasteiger partial charge in [-0.1, -0.05) is 17.4 Å². The van der Waals surface area contributed by atoms with Gasteiger partial charge in [-0.3, -0.25) is 0 Å². The zero-order valence-electron chi connectivity index (χ0n) is 14.1. The summed E-state index contributed by atoms with van der Waals surface area (Å²) in [5.41, 5.74) is 10.0. The molecule has 0 amide bonds. The fourth-order valence-electron chi connectivity index (χ4n) is 2.02. The molecule has 6 nitrogen and oxygen atoms in total. The predicted molar refractivity (Wildman–Crippen MR) is 99.3 cm³/mol. The van der Waals surface area contributed by atoms with Gasteiger partial charge in [-0.2, -0.15) is 4.57 Å². The molecule has 0 saturated heterocycles. The summed E-state index contributed by atoms with van der Waals surface area (Å²) >= 11 is 3.23. The molecule has 136 valence electrons. The third kappa shape index (κ3) is 6.66. The Balaban J connectivity index is 0.000000379. The van der Waals surface area contributed by atoms with Crippen LogP contribution in [0.1, 0.15) is 22.0 Å². The van der Waals surface area contributed by atoms with E-state index in [2.05, 4.69) is 19.3 Å². The first-order valence-corrected chi connectivity index (χ1v) is 9.26. The highest BCUT2D eigenvalue weighted by atomic mass is 35.5. The van der Waals surface area contributed by atoms with Crippen LogP contribution < -0.4 is 27.4 Å². The standard InChI is InChI=1S/C12H17N4OS.C4H5NS.ClH/c1-8-11(3-4-17)18-7-16(8)6-10-5-14-9(2)15-12(10)13;1-2-4-6-5-3-1;/h5,7,17H,3-4,6H2,1-2H3,(H2,13,14,15);1-5H;1H/q+1;;/p-1. The smallest absolute Gasteiger partial charge is 0.225 e. The molecule has 0 atom stereocenters. The second-order valence-corrected chi connectivity index (χ2v) is 6.77. The fourth-order valence-corrected chi connectivity index (χ4v) is 3.41. The van der Waals surface area contributed by atoms with Gasteiger partial charge in [-0.25, -0.2) is 9.97 Å². The Kier molecular flexibility index (Phi) is 9.51. The maximum absolute atomic E-state index is 8.98. The van der Waals surface area contributed by atoms with Gasteiger partial charge >= 0.3 is 0 Å². The number of aromatic nitrogens is 3. The van der Waals surface area contributed by atoms with Crippen molar-refractivity contribution in [3.05, 3.63) is 57.4 Å². The minimum absolute atomic E-state index is 0. The molecule has 0 saturated carbocycles. The van der Waals surface area contributed by atoms with Gasteiger partial charge in [0, 0.05) is 32.3 Å². The maximum Gasteiger partial charge on any atom is 0.225 e. The number of aliphatic hydroxyl groups excluding tert-OH is 1. The van der Waals surface area contributed by atoms with Crippen molar-refractivity contribution in [1.29, 1.82) is 0 Å². The number of nitrogen functional groups attached to an aromatic ring is 1. The number of nitrogens with zero attached hydrogens (tertiary/aromatic N) is 3. The lowest BCUT2D eigenvalue weighted by molar-refractivity contribution is -0.689. The number of aryl methyl sites for hydroxylation is 1. The van der Waals surface area contributed by atoms with E-state index in [0.29, 0.717) is 24.6 Å². The van der Waals surface area contributed by atoms with Gasteiger partial charge in [0.05, 0.1) is 10.4 Å². The average molecular weight is 400 g/mol. The van der Waals surface area contributed by atoms with Crippen LogP contribution >= 0.6 is 23.3 Å². The molecule has 0 aromatic carbocycles. The number of nitrogens with two attached hydrogens (primary N) is 1. The fraction of sp³-hybridized carbons (Fsp3) is 0.312. The number of allylic oxidation sites excluding steroid dienone is 2. The predicted octanol–water partition coefficient (Wildman–Crippen LogP) is -1.12. The summed E-state index contributed by atoms with van der Waals surface area (Å²) in [6.07, 6.45) is 8.30. The summed E-state index contributed by atoms with van der Waals surface area (Å²) < 4.78 is 5.05. The lowest BCUT2D eigenvalue weighted by Gasteiger charge is -2.01. The first kappa shape index (κ1) is 21.4. The monoisotopic (exact) mass is 399 g/mol. The molecule has 0 bridgehead atoms. The van der Waals surface area contributed by atoms with Crippen molar-refractivity contribution in [2.45, 2.75) is 26.8 Å². The first-order valence-electron chi connectivity index (χ1n) is 7.50. The molecule has 0 spiro atoms. The minimum atomic E-state index is 0. The van der Waals surface area contributed by atoms with Crippen molar-refractivity contribution >= 4 is 29.1 Å². The highest BCUT2D eigenvalue weighted by Crippen LogP contribution is 2.13. The zero-order valence-corrected chi connectivity index (χ0v) is 16.5. The van der Waals surface area contributed by atoms with Crippen molar-refractivity contribution in [3.63, 3.8) is 0 Å². The molecule has 1 aliphatic rings. The molecule has 3 rings (SSSR count). The van der Waals surface area contributed by atoms with Gasteiger partial charge in [0.15, 0.2) is 12.2 Å². The van der Waals surface area contributed by atoms with E-state index in [1.54, 1.807) is 29.5 Å². The summed E-state index contributed by atoms with van der Waals surface area (Å²) in [4.78, 5) is 9.53. The Morgan fingerprint density at radius 3 is 2.64 bits per heavy atom. The normalized spacial score (nSPS) is 12.0. The van der Waals surface area contributed by atoms with Crippen LogP contribution in [-0.2, 0) is 13.0 Å². The Labute approximate surface area is 162 Å². The SMILES string of the molecule is C1=CNSC=C1.Cc1ncc(C[n+]2csc(CCO)c2C)c(N)n1.[Cl-]. The Hall–Kier alpha value is -1.61. The van der Waals surface area contributed by atoms with Crippen molar-refractivity contribution < 1.29 is 22.1 Å². The topological polar surface area (TPSA) is 87.9 Å². The van der Waals surface area contributed by atoms with Crippen molar-refractivity contribution in [2.75, 3.05) is 12.3 Å². The van der Waals surface area contributed by atoms with Crippen LogP contribution in [0.15, 0.2) is 35.5 Å². The number of aliphatic hydroxyl groups is 1. The number of thiazole rings is 1. The van der Waals surface area contributed by atoms with Crippen LogP contribution in [0.3, 0.4) is 0 Å². The molecule has 3 heterocycles. The third-order valence-corrected chi connectivity index (χ3v) is 5.05. The molecule has 0 unspecified atom stereocenters. The second kappa shape index (κ2) is 11.1. The Morgan fingerprint density at radius 1 is 1.32 bits per heavy atom. The average Bonchev–Trinajstić information content (AvgIpc) is 2.93. The van der Waals surface area contributed by atoms with Crippen molar-refractivity contribution in [2.24, 2.45) is 0 Å². The maximum atomic E-state index is 8.98. The third-order valence-electron chi connectivity index (χ3n) is 3.34. The van der Waals surface area contributed by atoms with E-state index in [4.69, 9.17) is 10.8 Å². The molecule has 0 fully saturated rings. The van der Waals surface area contributed by atoms with Crippen LogP contribution in [0.2, 0.25) is 0 Å². The van der Waals surface area contributed by atoms with E-state index in [9.17, 15) is 0 Å². The zero-order chi connectivity index (χ0) is 17.4. The van der Waals surface area contributed by atoms with E-state index < -0.39 is 0 Å². The highest BCUT2D eigenvalue weighted by molar-refractivity contribution is 8.00. The molecule has 2 aromatic heterocycles. The lowest BCUT2D eigenvalue weighted by atomic mass is 10.2. The molecule has 0 radical (unpaired) electrons. The number of anilines is 1. The summed E-state index contributed by atoms with van der Waals surface area (Å²) in [6, 6.07) is 0. The van der Waals surface area contributed by atoms with E-state index in [1.165, 1.54) is 4.88 Å². The molecule has 0 aliphatic carbocycles. The number of nitrogens with one attached hydrogen (secondary N) is 1. The summed E-state index contributed by atoms with van der Waals surface area (Å²) in [6.45, 7) is 4.71. The van der Waals surface area contributed by atoms with Crippen LogP contribution in [0.25, 0.3) is 0 Å². The van der Waals surface area contributed by atoms with Crippen LogP contribution in [0.4, 0.5) is 5.82 Å². The Bertz CT molecular complexity index is 721. The van der Waals surface area contributed by atoms with Crippen molar-refractivity contribution in [3.8, 4) is 0 Å². The van der Waals surface area contributed by atoms with Gasteiger partial charge in [-0.15, -0.1) is 0 Å². The lowest BCUT2D eigenvalue weighted by Crippen LogP contribution is -3.00. The first-order chi connectivity index (χ1) is 11.6. The van der Waals surface area contributed by atoms with E-state index >= 15 is 0 Å². The largest absolute Gasteiger partial charge is 1.00 e.